The van der Waals surface area contributed by atoms with Gasteiger partial charge in [-0.2, -0.15) is 0 Å². The summed E-state index contributed by atoms with van der Waals surface area (Å²) in [5, 5.41) is 0. The third-order valence-corrected chi connectivity index (χ3v) is 3.81. The molecule has 0 aliphatic heterocycles. The van der Waals surface area contributed by atoms with E-state index in [0.29, 0.717) is 6.04 Å². The Morgan fingerprint density at radius 3 is 2.53 bits per heavy atom. The lowest BCUT2D eigenvalue weighted by molar-refractivity contribution is 0.0740. The predicted octanol–water partition coefficient (Wildman–Crippen LogP) is 3.24. The first kappa shape index (κ1) is 12.2. The van der Waals surface area contributed by atoms with Crippen molar-refractivity contribution in [1.29, 1.82) is 0 Å². The molecule has 2 nitrogen and oxygen atoms in total. The number of rotatable bonds is 3. The first-order chi connectivity index (χ1) is 6.97. The van der Waals surface area contributed by atoms with Gasteiger partial charge in [-0.05, 0) is 33.3 Å². The summed E-state index contributed by atoms with van der Waals surface area (Å²) in [4.78, 5) is 16.3. The number of carbonyl (C=O) groups excluding carboxylic acids is 1. The molecular formula is C12H19NOS. The molecule has 0 aliphatic carbocycles. The lowest BCUT2D eigenvalue weighted by Crippen LogP contribution is -2.34. The third-order valence-electron chi connectivity index (χ3n) is 2.84. The van der Waals surface area contributed by atoms with Crippen molar-refractivity contribution in [2.24, 2.45) is 0 Å². The molecule has 84 valence electrons. The fourth-order valence-electron chi connectivity index (χ4n) is 1.51. The van der Waals surface area contributed by atoms with Crippen molar-refractivity contribution in [1.82, 2.24) is 4.90 Å². The van der Waals surface area contributed by atoms with E-state index in [9.17, 15) is 4.79 Å². The second-order valence-electron chi connectivity index (χ2n) is 4.00. The summed E-state index contributed by atoms with van der Waals surface area (Å²) >= 11 is 1.69. The monoisotopic (exact) mass is 225 g/mol. The van der Waals surface area contributed by atoms with E-state index in [4.69, 9.17) is 0 Å². The normalized spacial score (nSPS) is 12.6. The average Bonchev–Trinajstić information content (AvgIpc) is 2.54. The van der Waals surface area contributed by atoms with Gasteiger partial charge in [0.25, 0.3) is 5.91 Å². The highest BCUT2D eigenvalue weighted by atomic mass is 32.1. The maximum Gasteiger partial charge on any atom is 0.254 e. The number of thiophene rings is 1. The molecule has 0 spiro atoms. The Hall–Kier alpha value is -0.830. The lowest BCUT2D eigenvalue weighted by Gasteiger charge is -2.23. The van der Waals surface area contributed by atoms with Crippen molar-refractivity contribution in [3.63, 3.8) is 0 Å². The van der Waals surface area contributed by atoms with E-state index >= 15 is 0 Å². The van der Waals surface area contributed by atoms with Crippen molar-refractivity contribution >= 4 is 17.2 Å². The molecule has 1 aromatic heterocycles. The highest BCUT2D eigenvalue weighted by Gasteiger charge is 2.19. The maximum absolute atomic E-state index is 12.1. The molecule has 1 amide bonds. The molecular weight excluding hydrogens is 206 g/mol. The fraction of sp³-hybridized carbons (Fsp3) is 0.583. The first-order valence-electron chi connectivity index (χ1n) is 5.31. The van der Waals surface area contributed by atoms with Gasteiger partial charge in [0.05, 0.1) is 5.56 Å². The van der Waals surface area contributed by atoms with Gasteiger partial charge in [-0.15, -0.1) is 11.3 Å². The Kier molecular flexibility index (Phi) is 3.91. The second-order valence-corrected chi connectivity index (χ2v) is 5.46. The molecule has 0 N–H and O–H groups in total. The van der Waals surface area contributed by atoms with Crippen molar-refractivity contribution in [2.75, 3.05) is 7.05 Å². The van der Waals surface area contributed by atoms with Crippen LogP contribution in [0.2, 0.25) is 0 Å². The van der Waals surface area contributed by atoms with Crippen LogP contribution in [0.1, 0.15) is 40.4 Å². The molecule has 3 heteroatoms. The van der Waals surface area contributed by atoms with E-state index < -0.39 is 0 Å². The molecule has 0 radical (unpaired) electrons. The van der Waals surface area contributed by atoms with Gasteiger partial charge >= 0.3 is 0 Å². The van der Waals surface area contributed by atoms with Crippen LogP contribution in [0.25, 0.3) is 0 Å². The number of nitrogens with zero attached hydrogens (tertiary/aromatic N) is 1. The number of aryl methyl sites for hydroxylation is 2. The smallest absolute Gasteiger partial charge is 0.254 e. The van der Waals surface area contributed by atoms with Gasteiger partial charge in [-0.25, -0.2) is 0 Å². The van der Waals surface area contributed by atoms with Gasteiger partial charge in [0.15, 0.2) is 0 Å². The quantitative estimate of drug-likeness (QED) is 0.773. The molecule has 1 aromatic rings. The minimum absolute atomic E-state index is 0.145. The predicted molar refractivity (Wildman–Crippen MR) is 65.6 cm³/mol. The SMILES string of the molecule is CCC(C)N(C)C(=O)c1cc(C)sc1C. The Labute approximate surface area is 95.9 Å². The largest absolute Gasteiger partial charge is 0.339 e. The molecule has 0 aliphatic rings. The van der Waals surface area contributed by atoms with Crippen LogP contribution in [0, 0.1) is 13.8 Å². The summed E-state index contributed by atoms with van der Waals surface area (Å²) in [6, 6.07) is 2.29. The van der Waals surface area contributed by atoms with Crippen LogP contribution in [-0.2, 0) is 0 Å². The molecule has 0 saturated heterocycles. The third kappa shape index (κ3) is 2.59. The minimum Gasteiger partial charge on any atom is -0.339 e. The zero-order valence-corrected chi connectivity index (χ0v) is 10.9. The fourth-order valence-corrected chi connectivity index (χ4v) is 2.42. The number of hydrogen-bond donors (Lipinski definition) is 0. The second kappa shape index (κ2) is 4.79. The van der Waals surface area contributed by atoms with Gasteiger partial charge in [0.2, 0.25) is 0 Å². The molecule has 15 heavy (non-hydrogen) atoms. The van der Waals surface area contributed by atoms with Crippen LogP contribution < -0.4 is 0 Å². The molecule has 0 saturated carbocycles. The number of carbonyl (C=O) groups is 1. The Morgan fingerprint density at radius 1 is 1.53 bits per heavy atom. The van der Waals surface area contributed by atoms with Gasteiger partial charge in [0, 0.05) is 22.8 Å². The molecule has 1 atom stereocenters. The molecule has 0 aromatic carbocycles. The highest BCUT2D eigenvalue weighted by Crippen LogP contribution is 2.22. The average molecular weight is 225 g/mol. The minimum atomic E-state index is 0.145. The van der Waals surface area contributed by atoms with E-state index in [0.717, 1.165) is 16.9 Å². The zero-order chi connectivity index (χ0) is 11.6. The Morgan fingerprint density at radius 2 is 2.13 bits per heavy atom. The highest BCUT2D eigenvalue weighted by molar-refractivity contribution is 7.12. The van der Waals surface area contributed by atoms with Gasteiger partial charge in [0.1, 0.15) is 0 Å². The van der Waals surface area contributed by atoms with Crippen LogP contribution in [0.4, 0.5) is 0 Å². The zero-order valence-electron chi connectivity index (χ0n) is 10.1. The van der Waals surface area contributed by atoms with Crippen LogP contribution >= 0.6 is 11.3 Å². The van der Waals surface area contributed by atoms with E-state index in [1.54, 1.807) is 11.3 Å². The Balaban J connectivity index is 2.89. The number of hydrogen-bond acceptors (Lipinski definition) is 2. The van der Waals surface area contributed by atoms with Crippen molar-refractivity contribution in [2.45, 2.75) is 40.2 Å². The van der Waals surface area contributed by atoms with Crippen LogP contribution in [-0.4, -0.2) is 23.9 Å². The number of amides is 1. The van der Waals surface area contributed by atoms with E-state index in [2.05, 4.69) is 13.8 Å². The molecule has 1 rings (SSSR count). The van der Waals surface area contributed by atoms with Crippen molar-refractivity contribution < 1.29 is 4.79 Å². The van der Waals surface area contributed by atoms with Crippen LogP contribution in [0.5, 0.6) is 0 Å². The maximum atomic E-state index is 12.1. The van der Waals surface area contributed by atoms with Crippen LogP contribution in [0.3, 0.4) is 0 Å². The van der Waals surface area contributed by atoms with Gasteiger partial charge in [-0.1, -0.05) is 6.92 Å². The molecule has 0 fully saturated rings. The molecule has 0 bridgehead atoms. The van der Waals surface area contributed by atoms with E-state index in [-0.39, 0.29) is 5.91 Å². The molecule has 1 heterocycles. The van der Waals surface area contributed by atoms with Crippen molar-refractivity contribution in [3.05, 3.63) is 21.4 Å². The van der Waals surface area contributed by atoms with E-state index in [1.165, 1.54) is 4.88 Å². The van der Waals surface area contributed by atoms with Gasteiger partial charge in [-0.3, -0.25) is 4.79 Å². The summed E-state index contributed by atoms with van der Waals surface area (Å²) < 4.78 is 0. The van der Waals surface area contributed by atoms with Crippen LogP contribution in [0.15, 0.2) is 6.07 Å². The summed E-state index contributed by atoms with van der Waals surface area (Å²) in [6.07, 6.45) is 0.990. The van der Waals surface area contributed by atoms with Crippen molar-refractivity contribution in [3.8, 4) is 0 Å². The summed E-state index contributed by atoms with van der Waals surface area (Å²) in [7, 11) is 1.88. The Bertz CT molecular complexity index is 357. The summed E-state index contributed by atoms with van der Waals surface area (Å²) in [6.45, 7) is 8.22. The van der Waals surface area contributed by atoms with Gasteiger partial charge < -0.3 is 4.90 Å². The first-order valence-corrected chi connectivity index (χ1v) is 6.13. The lowest BCUT2D eigenvalue weighted by atomic mass is 10.1. The summed E-state index contributed by atoms with van der Waals surface area (Å²) in [5.41, 5.74) is 0.861. The molecule has 1 unspecified atom stereocenters. The van der Waals surface area contributed by atoms with E-state index in [1.807, 2.05) is 31.9 Å². The topological polar surface area (TPSA) is 20.3 Å². The standard InChI is InChI=1S/C12H19NOS/c1-6-8(2)13(5)12(14)11-7-9(3)15-10(11)4/h7-8H,6H2,1-5H3. The summed E-state index contributed by atoms with van der Waals surface area (Å²) in [5.74, 6) is 0.145.